The average molecular weight is 454 g/mol. The lowest BCUT2D eigenvalue weighted by Crippen LogP contribution is -2.37. The summed E-state index contributed by atoms with van der Waals surface area (Å²) in [5.41, 5.74) is 3.52. The summed E-state index contributed by atoms with van der Waals surface area (Å²) in [4.78, 5) is 32.8. The quantitative estimate of drug-likeness (QED) is 0.534. The summed E-state index contributed by atoms with van der Waals surface area (Å²) in [5.74, 6) is 1.85. The van der Waals surface area contributed by atoms with Crippen molar-refractivity contribution in [1.82, 2.24) is 15.0 Å². The van der Waals surface area contributed by atoms with E-state index in [4.69, 9.17) is 19.2 Å². The van der Waals surface area contributed by atoms with Gasteiger partial charge in [0.2, 0.25) is 0 Å². The molecule has 0 radical (unpaired) electrons. The van der Waals surface area contributed by atoms with Gasteiger partial charge in [-0.05, 0) is 25.8 Å². The molecular weight excluding hydrogens is 422 g/mol. The van der Waals surface area contributed by atoms with E-state index < -0.39 is 0 Å². The fraction of sp³-hybridized carbons (Fsp3) is 0.542. The number of pyridine rings is 1. The van der Waals surface area contributed by atoms with Crippen LogP contribution in [0.5, 0.6) is 11.8 Å². The van der Waals surface area contributed by atoms with E-state index in [9.17, 15) is 4.79 Å². The number of nitrogens with zero attached hydrogens (tertiary/aromatic N) is 5. The summed E-state index contributed by atoms with van der Waals surface area (Å²) in [7, 11) is 3.30. The fourth-order valence-electron chi connectivity index (χ4n) is 4.40. The lowest BCUT2D eigenvalue weighted by atomic mass is 9.88. The van der Waals surface area contributed by atoms with Gasteiger partial charge in [-0.2, -0.15) is 9.97 Å². The van der Waals surface area contributed by atoms with Crippen LogP contribution in [0.2, 0.25) is 0 Å². The van der Waals surface area contributed by atoms with Crippen molar-refractivity contribution in [3.63, 3.8) is 0 Å². The molecule has 0 aliphatic carbocycles. The largest absolute Gasteiger partial charge is 0.496 e. The number of Topliss-reactive ketones (excluding diaryl/α,β-unsaturated/α-hetero) is 1. The van der Waals surface area contributed by atoms with Gasteiger partial charge in [0.25, 0.3) is 0 Å². The van der Waals surface area contributed by atoms with Crippen LogP contribution in [0.3, 0.4) is 0 Å². The molecule has 4 rings (SSSR count). The Bertz CT molecular complexity index is 1030. The molecule has 4 heterocycles. The van der Waals surface area contributed by atoms with Crippen LogP contribution in [-0.2, 0) is 11.3 Å². The smallest absolute Gasteiger partial charge is 0.319 e. The molecule has 0 aromatic carbocycles. The fourth-order valence-corrected chi connectivity index (χ4v) is 4.40. The van der Waals surface area contributed by atoms with Crippen molar-refractivity contribution in [3.05, 3.63) is 35.3 Å². The van der Waals surface area contributed by atoms with Crippen LogP contribution in [0.4, 0.5) is 5.82 Å². The number of aliphatic imine (C=N–C) groups is 1. The summed E-state index contributed by atoms with van der Waals surface area (Å²) < 4.78 is 16.5. The molecule has 0 spiro atoms. The molecule has 0 unspecified atom stereocenters. The number of hydrogen-bond donors (Lipinski definition) is 0. The standard InChI is InChI=1S/C24H31N5O4/c1-5-19(30)17-12-21(28-24(27-17)33-15(2)14-31-3)29-10-7-16(8-11-29)23-22-18(13-26-23)25-9-6-20(22)32-4/h6,9,12,15-16H,5,7-8,10-11,13-14H2,1-4H3/t15-/m1/s1. The Morgan fingerprint density at radius 3 is 2.73 bits per heavy atom. The maximum Gasteiger partial charge on any atom is 0.319 e. The van der Waals surface area contributed by atoms with E-state index >= 15 is 0 Å². The van der Waals surface area contributed by atoms with Crippen LogP contribution in [0.25, 0.3) is 0 Å². The Balaban J connectivity index is 1.50. The minimum absolute atomic E-state index is 0.0331. The van der Waals surface area contributed by atoms with Crippen molar-refractivity contribution < 1.29 is 19.0 Å². The first kappa shape index (κ1) is 23.1. The zero-order valence-corrected chi connectivity index (χ0v) is 19.7. The van der Waals surface area contributed by atoms with E-state index in [0.29, 0.717) is 37.0 Å². The van der Waals surface area contributed by atoms with Crippen molar-refractivity contribution >= 4 is 17.3 Å². The summed E-state index contributed by atoms with van der Waals surface area (Å²) in [6.07, 6.45) is 3.78. The molecule has 1 saturated heterocycles. The first-order valence-corrected chi connectivity index (χ1v) is 11.4. The summed E-state index contributed by atoms with van der Waals surface area (Å²) in [6.45, 7) is 6.33. The highest BCUT2D eigenvalue weighted by Crippen LogP contribution is 2.34. The molecule has 9 nitrogen and oxygen atoms in total. The molecule has 2 aromatic heterocycles. The molecule has 0 amide bonds. The Labute approximate surface area is 194 Å². The van der Waals surface area contributed by atoms with Crippen LogP contribution in [-0.4, -0.2) is 66.5 Å². The molecule has 9 heteroatoms. The number of piperidine rings is 1. The number of fused-ring (bicyclic) bond motifs is 1. The van der Waals surface area contributed by atoms with Crippen molar-refractivity contribution in [2.45, 2.75) is 45.8 Å². The van der Waals surface area contributed by atoms with E-state index in [1.807, 2.05) is 19.9 Å². The van der Waals surface area contributed by atoms with Gasteiger partial charge in [-0.3, -0.25) is 14.8 Å². The molecule has 0 saturated carbocycles. The number of rotatable bonds is 9. The van der Waals surface area contributed by atoms with Gasteiger partial charge in [0.15, 0.2) is 5.78 Å². The number of carbonyl (C=O) groups excluding carboxylic acids is 1. The predicted molar refractivity (Wildman–Crippen MR) is 125 cm³/mol. The number of hydrogen-bond acceptors (Lipinski definition) is 9. The minimum atomic E-state index is -0.218. The zero-order chi connectivity index (χ0) is 23.4. The van der Waals surface area contributed by atoms with E-state index in [-0.39, 0.29) is 17.9 Å². The van der Waals surface area contributed by atoms with Crippen molar-refractivity contribution in [2.75, 3.05) is 38.8 Å². The van der Waals surface area contributed by atoms with E-state index in [1.54, 1.807) is 26.5 Å². The third-order valence-corrected chi connectivity index (χ3v) is 6.08. The molecular formula is C24H31N5O4. The highest BCUT2D eigenvalue weighted by molar-refractivity contribution is 6.07. The Morgan fingerprint density at radius 1 is 1.24 bits per heavy atom. The van der Waals surface area contributed by atoms with Gasteiger partial charge in [-0.25, -0.2) is 0 Å². The van der Waals surface area contributed by atoms with Crippen molar-refractivity contribution in [1.29, 1.82) is 0 Å². The Hall–Kier alpha value is -3.07. The summed E-state index contributed by atoms with van der Waals surface area (Å²) >= 11 is 0. The molecule has 0 N–H and O–H groups in total. The molecule has 2 aliphatic rings. The molecule has 2 aliphatic heterocycles. The first-order valence-electron chi connectivity index (χ1n) is 11.4. The topological polar surface area (TPSA) is 99.0 Å². The first-order chi connectivity index (χ1) is 16.0. The lowest BCUT2D eigenvalue weighted by Gasteiger charge is -2.33. The normalized spacial score (nSPS) is 16.8. The van der Waals surface area contributed by atoms with E-state index in [0.717, 1.165) is 48.6 Å². The second-order valence-corrected chi connectivity index (χ2v) is 8.35. The molecule has 1 atom stereocenters. The van der Waals surface area contributed by atoms with E-state index in [1.165, 1.54) is 0 Å². The van der Waals surface area contributed by atoms with E-state index in [2.05, 4.69) is 19.9 Å². The highest BCUT2D eigenvalue weighted by atomic mass is 16.5. The average Bonchev–Trinajstić information content (AvgIpc) is 3.28. The number of aromatic nitrogens is 3. The maximum absolute atomic E-state index is 12.4. The van der Waals surface area contributed by atoms with Gasteiger partial charge < -0.3 is 19.1 Å². The number of ether oxygens (including phenoxy) is 3. The van der Waals surface area contributed by atoms with Gasteiger partial charge in [0, 0.05) is 44.8 Å². The minimum Gasteiger partial charge on any atom is -0.496 e. The van der Waals surface area contributed by atoms with Gasteiger partial charge >= 0.3 is 6.01 Å². The second kappa shape index (κ2) is 10.2. The summed E-state index contributed by atoms with van der Waals surface area (Å²) in [6, 6.07) is 3.88. The van der Waals surface area contributed by atoms with Gasteiger partial charge in [-0.1, -0.05) is 6.92 Å². The second-order valence-electron chi connectivity index (χ2n) is 8.35. The number of carbonyl (C=O) groups is 1. The zero-order valence-electron chi connectivity index (χ0n) is 19.7. The Morgan fingerprint density at radius 2 is 2.03 bits per heavy atom. The Kier molecular flexibility index (Phi) is 7.17. The number of anilines is 1. The molecule has 176 valence electrons. The van der Waals surface area contributed by atoms with Gasteiger partial charge in [-0.15, -0.1) is 0 Å². The van der Waals surface area contributed by atoms with Crippen molar-refractivity contribution in [3.8, 4) is 11.8 Å². The van der Waals surface area contributed by atoms with Crippen molar-refractivity contribution in [2.24, 2.45) is 10.9 Å². The van der Waals surface area contributed by atoms with Crippen LogP contribution in [0, 0.1) is 5.92 Å². The predicted octanol–water partition coefficient (Wildman–Crippen LogP) is 3.11. The molecule has 33 heavy (non-hydrogen) atoms. The molecule has 1 fully saturated rings. The van der Waals surface area contributed by atoms with Crippen LogP contribution >= 0.6 is 0 Å². The van der Waals surface area contributed by atoms with Crippen LogP contribution in [0.1, 0.15) is 54.9 Å². The van der Waals surface area contributed by atoms with Crippen LogP contribution in [0.15, 0.2) is 23.3 Å². The van der Waals surface area contributed by atoms with Crippen LogP contribution < -0.4 is 14.4 Å². The highest BCUT2D eigenvalue weighted by Gasteiger charge is 2.31. The monoisotopic (exact) mass is 453 g/mol. The van der Waals surface area contributed by atoms with Gasteiger partial charge in [0.1, 0.15) is 23.4 Å². The lowest BCUT2D eigenvalue weighted by molar-refractivity contribution is 0.0846. The number of ketones is 1. The van der Waals surface area contributed by atoms with Gasteiger partial charge in [0.05, 0.1) is 37.2 Å². The molecule has 2 aromatic rings. The SMILES string of the molecule is CCC(=O)c1cc(N2CCC(C3=NCc4nccc(OC)c43)CC2)nc(O[C@H](C)COC)n1. The third-order valence-electron chi connectivity index (χ3n) is 6.08. The summed E-state index contributed by atoms with van der Waals surface area (Å²) in [5, 5.41) is 0. The maximum atomic E-state index is 12.4. The third kappa shape index (κ3) is 4.98. The molecule has 0 bridgehead atoms. The number of methoxy groups -OCH3 is 2.